The van der Waals surface area contributed by atoms with Crippen molar-refractivity contribution in [1.82, 2.24) is 9.80 Å². The van der Waals surface area contributed by atoms with E-state index in [0.717, 1.165) is 6.54 Å². The molecule has 0 unspecified atom stereocenters. The third-order valence-electron chi connectivity index (χ3n) is 4.33. The molecular weight excluding hydrogens is 208 g/mol. The first kappa shape index (κ1) is 11.2. The first-order chi connectivity index (χ1) is 8.30. The van der Waals surface area contributed by atoms with Crippen molar-refractivity contribution in [2.24, 2.45) is 5.41 Å². The summed E-state index contributed by atoms with van der Waals surface area (Å²) in [5, 5.41) is 0. The van der Waals surface area contributed by atoms with Gasteiger partial charge >= 0.3 is 0 Å². The molecule has 0 amide bonds. The van der Waals surface area contributed by atoms with Crippen LogP contribution in [0.4, 0.5) is 0 Å². The van der Waals surface area contributed by atoms with Crippen LogP contribution in [0.3, 0.4) is 0 Å². The van der Waals surface area contributed by atoms with Crippen molar-refractivity contribution in [2.45, 2.75) is 19.9 Å². The van der Waals surface area contributed by atoms with Crippen LogP contribution in [0.15, 0.2) is 30.3 Å². The smallest absolute Gasteiger partial charge is 0.0233 e. The van der Waals surface area contributed by atoms with Gasteiger partial charge in [0, 0.05) is 31.6 Å². The predicted molar refractivity (Wildman–Crippen MR) is 70.9 cm³/mol. The molecular formula is C15H22N2. The number of likely N-dealkylation sites (tertiary alicyclic amines) is 2. The molecule has 1 aromatic carbocycles. The van der Waals surface area contributed by atoms with Crippen LogP contribution in [0, 0.1) is 5.41 Å². The SMILES string of the molecule is CCN1CC2(CCN(Cc3ccccc3)C2)C1. The van der Waals surface area contributed by atoms with Crippen molar-refractivity contribution in [2.75, 3.05) is 32.7 Å². The van der Waals surface area contributed by atoms with Crippen molar-refractivity contribution >= 4 is 0 Å². The first-order valence-electron chi connectivity index (χ1n) is 6.78. The predicted octanol–water partition coefficient (Wildman–Crippen LogP) is 2.21. The zero-order valence-electron chi connectivity index (χ0n) is 10.7. The zero-order chi connectivity index (χ0) is 11.7. The van der Waals surface area contributed by atoms with Crippen LogP contribution in [0.1, 0.15) is 18.9 Å². The molecule has 1 aromatic rings. The maximum absolute atomic E-state index is 2.63. The summed E-state index contributed by atoms with van der Waals surface area (Å²) in [6.07, 6.45) is 1.40. The minimum atomic E-state index is 0.644. The highest BCUT2D eigenvalue weighted by molar-refractivity contribution is 5.15. The number of benzene rings is 1. The molecule has 0 saturated carbocycles. The Morgan fingerprint density at radius 3 is 2.47 bits per heavy atom. The molecule has 2 heteroatoms. The molecule has 0 aliphatic carbocycles. The van der Waals surface area contributed by atoms with Gasteiger partial charge in [-0.15, -0.1) is 0 Å². The Bertz CT molecular complexity index is 368. The molecule has 0 N–H and O–H groups in total. The second kappa shape index (κ2) is 4.43. The second-order valence-corrected chi connectivity index (χ2v) is 5.75. The van der Waals surface area contributed by atoms with Gasteiger partial charge < -0.3 is 4.90 Å². The maximum atomic E-state index is 2.63. The van der Waals surface area contributed by atoms with E-state index < -0.39 is 0 Å². The summed E-state index contributed by atoms with van der Waals surface area (Å²) in [6, 6.07) is 10.9. The van der Waals surface area contributed by atoms with E-state index >= 15 is 0 Å². The number of hydrogen-bond donors (Lipinski definition) is 0. The normalized spacial score (nSPS) is 24.1. The van der Waals surface area contributed by atoms with E-state index in [9.17, 15) is 0 Å². The highest BCUT2D eigenvalue weighted by atomic mass is 15.3. The third kappa shape index (κ3) is 2.24. The number of rotatable bonds is 3. The molecule has 92 valence electrons. The van der Waals surface area contributed by atoms with E-state index in [4.69, 9.17) is 0 Å². The van der Waals surface area contributed by atoms with E-state index in [1.165, 1.54) is 44.7 Å². The van der Waals surface area contributed by atoms with Gasteiger partial charge in [0.25, 0.3) is 0 Å². The molecule has 2 aliphatic rings. The summed E-state index contributed by atoms with van der Waals surface area (Å²) in [5.41, 5.74) is 2.10. The molecule has 1 spiro atoms. The Labute approximate surface area is 104 Å². The van der Waals surface area contributed by atoms with Crippen LogP contribution in [0.2, 0.25) is 0 Å². The van der Waals surface area contributed by atoms with Gasteiger partial charge in [-0.25, -0.2) is 0 Å². The lowest BCUT2D eigenvalue weighted by Gasteiger charge is -2.48. The molecule has 0 radical (unpaired) electrons. The molecule has 2 saturated heterocycles. The summed E-state index contributed by atoms with van der Waals surface area (Å²) in [4.78, 5) is 5.19. The quantitative estimate of drug-likeness (QED) is 0.785. The van der Waals surface area contributed by atoms with Crippen LogP contribution < -0.4 is 0 Å². The first-order valence-corrected chi connectivity index (χ1v) is 6.78. The number of nitrogens with zero attached hydrogens (tertiary/aromatic N) is 2. The van der Waals surface area contributed by atoms with E-state index in [1.54, 1.807) is 0 Å². The van der Waals surface area contributed by atoms with Crippen LogP contribution in [-0.2, 0) is 6.54 Å². The van der Waals surface area contributed by atoms with Crippen molar-refractivity contribution in [3.05, 3.63) is 35.9 Å². The van der Waals surface area contributed by atoms with Crippen LogP contribution >= 0.6 is 0 Å². The van der Waals surface area contributed by atoms with Gasteiger partial charge in [-0.05, 0) is 25.1 Å². The average Bonchev–Trinajstić information content (AvgIpc) is 2.72. The van der Waals surface area contributed by atoms with Gasteiger partial charge in [-0.1, -0.05) is 37.3 Å². The van der Waals surface area contributed by atoms with Crippen LogP contribution in [-0.4, -0.2) is 42.5 Å². The summed E-state index contributed by atoms with van der Waals surface area (Å²) in [6.45, 7) is 9.87. The van der Waals surface area contributed by atoms with Crippen molar-refractivity contribution in [1.29, 1.82) is 0 Å². The molecule has 2 nitrogen and oxygen atoms in total. The van der Waals surface area contributed by atoms with Gasteiger partial charge in [0.05, 0.1) is 0 Å². The van der Waals surface area contributed by atoms with Gasteiger partial charge in [-0.2, -0.15) is 0 Å². The highest BCUT2D eigenvalue weighted by Crippen LogP contribution is 2.39. The average molecular weight is 230 g/mol. The summed E-state index contributed by atoms with van der Waals surface area (Å²) >= 11 is 0. The molecule has 2 aliphatic heterocycles. The Kier molecular flexibility index (Phi) is 2.93. The van der Waals surface area contributed by atoms with E-state index in [0.29, 0.717) is 5.41 Å². The molecule has 3 rings (SSSR count). The van der Waals surface area contributed by atoms with E-state index in [-0.39, 0.29) is 0 Å². The minimum Gasteiger partial charge on any atom is -0.302 e. The van der Waals surface area contributed by atoms with Gasteiger partial charge in [0.1, 0.15) is 0 Å². The Morgan fingerprint density at radius 2 is 1.76 bits per heavy atom. The van der Waals surface area contributed by atoms with Gasteiger partial charge in [-0.3, -0.25) is 4.90 Å². The van der Waals surface area contributed by atoms with Gasteiger partial charge in [0.2, 0.25) is 0 Å². The molecule has 2 fully saturated rings. The fraction of sp³-hybridized carbons (Fsp3) is 0.600. The largest absolute Gasteiger partial charge is 0.302 e. The van der Waals surface area contributed by atoms with E-state index in [1.807, 2.05) is 0 Å². The van der Waals surface area contributed by atoms with Crippen molar-refractivity contribution < 1.29 is 0 Å². The topological polar surface area (TPSA) is 6.48 Å². The maximum Gasteiger partial charge on any atom is 0.0233 e. The van der Waals surface area contributed by atoms with Crippen molar-refractivity contribution in [3.63, 3.8) is 0 Å². The summed E-state index contributed by atoms with van der Waals surface area (Å²) < 4.78 is 0. The van der Waals surface area contributed by atoms with Crippen molar-refractivity contribution in [3.8, 4) is 0 Å². The fourth-order valence-corrected chi connectivity index (χ4v) is 3.39. The Hall–Kier alpha value is -0.860. The highest BCUT2D eigenvalue weighted by Gasteiger charge is 2.46. The lowest BCUT2D eigenvalue weighted by molar-refractivity contribution is 0.0124. The second-order valence-electron chi connectivity index (χ2n) is 5.75. The zero-order valence-corrected chi connectivity index (χ0v) is 10.7. The van der Waals surface area contributed by atoms with E-state index in [2.05, 4.69) is 47.1 Å². The Morgan fingerprint density at radius 1 is 1.06 bits per heavy atom. The summed E-state index contributed by atoms with van der Waals surface area (Å²) in [7, 11) is 0. The molecule has 0 bridgehead atoms. The molecule has 17 heavy (non-hydrogen) atoms. The Balaban J connectivity index is 1.55. The van der Waals surface area contributed by atoms with Crippen LogP contribution in [0.25, 0.3) is 0 Å². The van der Waals surface area contributed by atoms with Crippen LogP contribution in [0.5, 0.6) is 0 Å². The number of hydrogen-bond acceptors (Lipinski definition) is 2. The minimum absolute atomic E-state index is 0.644. The lowest BCUT2D eigenvalue weighted by atomic mass is 9.79. The molecule has 0 atom stereocenters. The monoisotopic (exact) mass is 230 g/mol. The molecule has 2 heterocycles. The summed E-state index contributed by atoms with van der Waals surface area (Å²) in [5.74, 6) is 0. The molecule has 0 aromatic heterocycles. The third-order valence-corrected chi connectivity index (χ3v) is 4.33. The standard InChI is InChI=1S/C15H22N2/c1-2-16-11-15(12-16)8-9-17(13-15)10-14-6-4-3-5-7-14/h3-7H,2,8-13H2,1H3. The fourth-order valence-electron chi connectivity index (χ4n) is 3.39. The van der Waals surface area contributed by atoms with Gasteiger partial charge in [0.15, 0.2) is 0 Å². The lowest BCUT2D eigenvalue weighted by Crippen LogP contribution is -2.57.